The molecule has 0 aliphatic rings. The van der Waals surface area contributed by atoms with E-state index in [0.29, 0.717) is 0 Å². The number of fused-ring (bicyclic) bond motifs is 4. The Balaban J connectivity index is 1.22. The van der Waals surface area contributed by atoms with Crippen molar-refractivity contribution in [1.82, 2.24) is 9.13 Å². The van der Waals surface area contributed by atoms with E-state index in [1.54, 1.807) is 0 Å². The molecule has 0 amide bonds. The van der Waals surface area contributed by atoms with Gasteiger partial charge in [-0.3, -0.25) is 0 Å². The number of hydrogen-bond acceptors (Lipinski definition) is 0. The van der Waals surface area contributed by atoms with Crippen LogP contribution in [-0.2, 0) is 0 Å². The highest BCUT2D eigenvalue weighted by Crippen LogP contribution is 2.48. The molecule has 0 saturated heterocycles. The second-order valence-electron chi connectivity index (χ2n) is 14.5. The van der Waals surface area contributed by atoms with Crippen molar-refractivity contribution in [2.75, 3.05) is 0 Å². The van der Waals surface area contributed by atoms with Gasteiger partial charge in [-0.05, 0) is 104 Å². The van der Waals surface area contributed by atoms with Crippen LogP contribution in [0.1, 0.15) is 0 Å². The maximum atomic E-state index is 2.48. The monoisotopic (exact) mass is 684 g/mol. The van der Waals surface area contributed by atoms with E-state index < -0.39 is 0 Å². The Morgan fingerprint density at radius 3 is 1.11 bits per heavy atom. The smallest absolute Gasteiger partial charge is 0.0547 e. The molecular weight excluding hydrogens is 653 g/mol. The first-order valence-corrected chi connectivity index (χ1v) is 18.7. The van der Waals surface area contributed by atoms with Gasteiger partial charge in [-0.2, -0.15) is 0 Å². The average molecular weight is 685 g/mol. The molecule has 250 valence electrons. The minimum Gasteiger partial charge on any atom is -0.309 e. The molecule has 2 nitrogen and oxygen atoms in total. The summed E-state index contributed by atoms with van der Waals surface area (Å²) in [6.45, 7) is 0. The Hall–Kier alpha value is -7.16. The first-order valence-electron chi connectivity index (χ1n) is 18.7. The lowest BCUT2D eigenvalue weighted by atomic mass is 9.86. The van der Waals surface area contributed by atoms with Crippen molar-refractivity contribution in [1.29, 1.82) is 0 Å². The summed E-state index contributed by atoms with van der Waals surface area (Å²) in [5.74, 6) is 0. The summed E-state index contributed by atoms with van der Waals surface area (Å²) in [7, 11) is 0. The Labute approximate surface area is 311 Å². The molecule has 0 fully saturated rings. The Kier molecular flexibility index (Phi) is 6.09. The second-order valence-corrected chi connectivity index (χ2v) is 14.5. The molecule has 2 heteroatoms. The number of nitrogens with zero attached hydrogens (tertiary/aromatic N) is 2. The molecule has 10 aromatic carbocycles. The van der Waals surface area contributed by atoms with Gasteiger partial charge in [0.25, 0.3) is 0 Å². The van der Waals surface area contributed by atoms with Crippen molar-refractivity contribution in [2.24, 2.45) is 0 Å². The van der Waals surface area contributed by atoms with E-state index in [1.807, 2.05) is 0 Å². The van der Waals surface area contributed by atoms with Crippen molar-refractivity contribution >= 4 is 75.9 Å². The minimum absolute atomic E-state index is 1.16. The fourth-order valence-corrected chi connectivity index (χ4v) is 9.31. The van der Waals surface area contributed by atoms with Gasteiger partial charge >= 0.3 is 0 Å². The van der Waals surface area contributed by atoms with E-state index in [0.717, 1.165) is 11.4 Å². The van der Waals surface area contributed by atoms with Crippen LogP contribution in [-0.4, -0.2) is 9.13 Å². The van der Waals surface area contributed by atoms with Crippen LogP contribution in [0.2, 0.25) is 0 Å². The van der Waals surface area contributed by atoms with Gasteiger partial charge in [0.2, 0.25) is 0 Å². The standard InChI is InChI=1S/C52H32N2/c1-3-13-33(14-4-1)35-17-11-19-39(29-35)53-45-23-9-7-21-41(45)43-31-38-26-28-48-52-44(32-37-25-27-47(53)51(43)49(37)50(38)52)42-22-8-10-24-46(42)54(48)40-20-12-18-36(30-40)34-15-5-2-6-16-34/h1-32H. The van der Waals surface area contributed by atoms with Crippen LogP contribution < -0.4 is 0 Å². The second kappa shape index (κ2) is 11.2. The van der Waals surface area contributed by atoms with Gasteiger partial charge in [-0.15, -0.1) is 0 Å². The number of benzene rings is 10. The maximum absolute atomic E-state index is 2.48. The molecule has 0 unspecified atom stereocenters. The van der Waals surface area contributed by atoms with Gasteiger partial charge in [0.15, 0.2) is 0 Å². The van der Waals surface area contributed by atoms with Crippen molar-refractivity contribution in [3.63, 3.8) is 0 Å². The van der Waals surface area contributed by atoms with Crippen LogP contribution in [0.4, 0.5) is 0 Å². The summed E-state index contributed by atoms with van der Waals surface area (Å²) in [4.78, 5) is 0. The Morgan fingerprint density at radius 2 is 0.648 bits per heavy atom. The quantitative estimate of drug-likeness (QED) is 0.129. The summed E-state index contributed by atoms with van der Waals surface area (Å²) in [5.41, 5.74) is 12.0. The van der Waals surface area contributed by atoms with Crippen molar-refractivity contribution in [2.45, 2.75) is 0 Å². The third-order valence-corrected chi connectivity index (χ3v) is 11.6. The largest absolute Gasteiger partial charge is 0.309 e. The van der Waals surface area contributed by atoms with Crippen LogP contribution in [0.3, 0.4) is 0 Å². The molecule has 0 aliphatic heterocycles. The normalized spacial score (nSPS) is 12.1. The number of aromatic nitrogens is 2. The molecule has 0 atom stereocenters. The number of para-hydroxylation sites is 2. The fourth-order valence-electron chi connectivity index (χ4n) is 9.31. The zero-order valence-corrected chi connectivity index (χ0v) is 29.4. The molecule has 0 N–H and O–H groups in total. The molecule has 0 spiro atoms. The SMILES string of the molecule is c1ccc(-c2cccc(-n3c4ccccc4c4cc5ccc6c7c(cc8ccc3c4c8c57)c3ccccc3n6-c3cccc(-c4ccccc4)c3)c2)cc1. The van der Waals surface area contributed by atoms with E-state index in [4.69, 9.17) is 0 Å². The number of hydrogen-bond donors (Lipinski definition) is 0. The highest BCUT2D eigenvalue weighted by Gasteiger charge is 2.23. The maximum Gasteiger partial charge on any atom is 0.0547 e. The molecular formula is C52H32N2. The molecule has 54 heavy (non-hydrogen) atoms. The lowest BCUT2D eigenvalue weighted by Crippen LogP contribution is -2.04. The van der Waals surface area contributed by atoms with E-state index in [-0.39, 0.29) is 0 Å². The fraction of sp³-hybridized carbons (Fsp3) is 0. The van der Waals surface area contributed by atoms with Crippen molar-refractivity contribution in [3.8, 4) is 33.6 Å². The minimum atomic E-state index is 1.16. The first-order chi connectivity index (χ1) is 26.8. The van der Waals surface area contributed by atoms with Crippen LogP contribution >= 0.6 is 0 Å². The summed E-state index contributed by atoms with van der Waals surface area (Å²) >= 11 is 0. The molecule has 2 heterocycles. The molecule has 0 bridgehead atoms. The summed E-state index contributed by atoms with van der Waals surface area (Å²) < 4.78 is 4.95. The summed E-state index contributed by atoms with van der Waals surface area (Å²) in [5, 5.41) is 12.9. The third kappa shape index (κ3) is 4.11. The summed E-state index contributed by atoms with van der Waals surface area (Å²) in [6.07, 6.45) is 0. The molecule has 0 aliphatic carbocycles. The topological polar surface area (TPSA) is 9.86 Å². The van der Waals surface area contributed by atoms with E-state index in [1.165, 1.54) is 98.2 Å². The van der Waals surface area contributed by atoms with Crippen LogP contribution in [0.15, 0.2) is 194 Å². The van der Waals surface area contributed by atoms with Gasteiger partial charge in [-0.25, -0.2) is 0 Å². The lowest BCUT2D eigenvalue weighted by Gasteiger charge is -2.24. The van der Waals surface area contributed by atoms with Gasteiger partial charge in [0.1, 0.15) is 0 Å². The molecule has 12 aromatic rings. The van der Waals surface area contributed by atoms with Gasteiger partial charge < -0.3 is 9.13 Å². The number of rotatable bonds is 4. The van der Waals surface area contributed by atoms with E-state index >= 15 is 0 Å². The van der Waals surface area contributed by atoms with E-state index in [9.17, 15) is 0 Å². The highest BCUT2D eigenvalue weighted by atomic mass is 15.0. The Bertz CT molecular complexity index is 3190. The van der Waals surface area contributed by atoms with Gasteiger partial charge in [-0.1, -0.05) is 133 Å². The average Bonchev–Trinajstić information content (AvgIpc) is 3.25. The molecule has 12 rings (SSSR count). The molecule has 0 radical (unpaired) electrons. The van der Waals surface area contributed by atoms with Crippen LogP contribution in [0, 0.1) is 0 Å². The van der Waals surface area contributed by atoms with E-state index in [2.05, 4.69) is 203 Å². The van der Waals surface area contributed by atoms with Gasteiger partial charge in [0.05, 0.1) is 22.1 Å². The number of pyridine rings is 2. The highest BCUT2D eigenvalue weighted by molar-refractivity contribution is 6.40. The Morgan fingerprint density at radius 1 is 0.241 bits per heavy atom. The first kappa shape index (κ1) is 29.4. The molecule has 2 aromatic heterocycles. The lowest BCUT2D eigenvalue weighted by molar-refractivity contribution is 1.17. The van der Waals surface area contributed by atoms with Crippen molar-refractivity contribution in [3.05, 3.63) is 194 Å². The zero-order chi connectivity index (χ0) is 35.3. The molecule has 0 saturated carbocycles. The van der Waals surface area contributed by atoms with Crippen molar-refractivity contribution < 1.29 is 0 Å². The predicted molar refractivity (Wildman–Crippen MR) is 230 cm³/mol. The third-order valence-electron chi connectivity index (χ3n) is 11.6. The zero-order valence-electron chi connectivity index (χ0n) is 29.4. The van der Waals surface area contributed by atoms with Crippen LogP contribution in [0.25, 0.3) is 110 Å². The summed E-state index contributed by atoms with van der Waals surface area (Å²) in [6, 6.07) is 71.5. The van der Waals surface area contributed by atoms with Gasteiger partial charge in [0, 0.05) is 43.7 Å². The predicted octanol–water partition coefficient (Wildman–Crippen LogP) is 14.1. The van der Waals surface area contributed by atoms with Crippen LogP contribution in [0.5, 0.6) is 0 Å².